The van der Waals surface area contributed by atoms with E-state index in [1.54, 1.807) is 0 Å². The van der Waals surface area contributed by atoms with Gasteiger partial charge in [-0.15, -0.1) is 0 Å². The molecule has 1 fully saturated rings. The van der Waals surface area contributed by atoms with Crippen molar-refractivity contribution in [3.8, 4) is 0 Å². The summed E-state index contributed by atoms with van der Waals surface area (Å²) in [6.07, 6.45) is 4.86. The number of rotatable bonds is 7. The van der Waals surface area contributed by atoms with E-state index in [2.05, 4.69) is 0 Å². The van der Waals surface area contributed by atoms with Crippen molar-refractivity contribution in [3.05, 3.63) is 0 Å². The fraction of sp³-hybridized carbons (Fsp3) is 1.00. The zero-order valence-electron chi connectivity index (χ0n) is 12.1. The van der Waals surface area contributed by atoms with Crippen molar-refractivity contribution in [1.29, 1.82) is 0 Å². The van der Waals surface area contributed by atoms with Crippen LogP contribution in [-0.2, 0) is 24.7 Å². The second-order valence-electron chi connectivity index (χ2n) is 5.07. The number of hydrogen-bond acceptors (Lipinski definition) is 6. The topological polar surface area (TPSA) is 101 Å². The molecule has 114 valence electrons. The Balaban J connectivity index is 0.00000361. The third-order valence-electron chi connectivity index (χ3n) is 3.37. The number of ether oxygens (including phenoxy) is 1. The molecule has 9 heteroatoms. The Labute approximate surface area is 164 Å². The van der Waals surface area contributed by atoms with Crippen LogP contribution in [0.1, 0.15) is 38.5 Å². The van der Waals surface area contributed by atoms with E-state index in [9.17, 15) is 21.4 Å². The molecule has 0 amide bonds. The third kappa shape index (κ3) is 9.47. The third-order valence-corrected chi connectivity index (χ3v) is 5.84. The fourth-order valence-corrected chi connectivity index (χ4v) is 3.94. The van der Waals surface area contributed by atoms with Gasteiger partial charge in [-0.2, -0.15) is 0 Å². The summed E-state index contributed by atoms with van der Waals surface area (Å²) in [6, 6.07) is 0. The van der Waals surface area contributed by atoms with Gasteiger partial charge in [0.05, 0.1) is 21.5 Å². The molecule has 0 aromatic carbocycles. The van der Waals surface area contributed by atoms with Gasteiger partial charge in [0.1, 0.15) is 9.84 Å². The summed E-state index contributed by atoms with van der Waals surface area (Å²) in [7, 11) is -7.08. The first kappa shape index (κ1) is 21.5. The van der Waals surface area contributed by atoms with Crippen LogP contribution in [0, 0.1) is 0 Å². The molecule has 0 saturated heterocycles. The maximum atomic E-state index is 11.4. The van der Waals surface area contributed by atoms with Crippen LogP contribution in [0.3, 0.4) is 0 Å². The average Bonchev–Trinajstić information content (AvgIpc) is 2.26. The monoisotopic (exact) mass is 352 g/mol. The molecule has 0 aromatic rings. The molecular weight excluding hydrogens is 331 g/mol. The van der Waals surface area contributed by atoms with E-state index < -0.39 is 20.0 Å². The minimum absolute atomic E-state index is 0. The van der Waals surface area contributed by atoms with Crippen molar-refractivity contribution in [2.75, 3.05) is 18.6 Å². The Hall–Kier alpha value is 1.46. The van der Waals surface area contributed by atoms with Gasteiger partial charge in [0.25, 0.3) is 0 Å². The first-order chi connectivity index (χ1) is 8.68. The molecule has 1 rings (SSSR count). The van der Waals surface area contributed by atoms with Crippen LogP contribution < -0.4 is 51.4 Å². The van der Waals surface area contributed by atoms with Gasteiger partial charge in [-0.05, 0) is 38.5 Å². The minimum atomic E-state index is -4.13. The number of hydrogen-bond donors (Lipinski definition) is 0. The smallest absolute Gasteiger partial charge is 0.748 e. The summed E-state index contributed by atoms with van der Waals surface area (Å²) in [5.41, 5.74) is 0. The van der Waals surface area contributed by atoms with Gasteiger partial charge in [0, 0.05) is 18.6 Å². The van der Waals surface area contributed by atoms with Gasteiger partial charge < -0.3 is 9.29 Å². The van der Waals surface area contributed by atoms with Gasteiger partial charge in [-0.1, -0.05) is 0 Å². The predicted octanol–water partition coefficient (Wildman–Crippen LogP) is -2.31. The van der Waals surface area contributed by atoms with E-state index in [0.717, 1.165) is 12.8 Å². The van der Waals surface area contributed by atoms with Crippen molar-refractivity contribution in [2.45, 2.75) is 49.9 Å². The van der Waals surface area contributed by atoms with Crippen molar-refractivity contribution in [2.24, 2.45) is 0 Å². The van der Waals surface area contributed by atoms with E-state index in [1.807, 2.05) is 0 Å². The second-order valence-corrected chi connectivity index (χ2v) is 8.92. The van der Waals surface area contributed by atoms with Gasteiger partial charge in [-0.25, -0.2) is 16.8 Å². The van der Waals surface area contributed by atoms with Crippen molar-refractivity contribution in [3.63, 3.8) is 0 Å². The van der Waals surface area contributed by atoms with Crippen LogP contribution in [0.2, 0.25) is 0 Å². The molecule has 1 aliphatic carbocycles. The molecule has 0 unspecified atom stereocenters. The van der Waals surface area contributed by atoms with Gasteiger partial charge in [0.2, 0.25) is 0 Å². The minimum Gasteiger partial charge on any atom is -0.748 e. The molecule has 20 heavy (non-hydrogen) atoms. The largest absolute Gasteiger partial charge is 1.00 e. The average molecular weight is 353 g/mol. The molecule has 0 aromatic heterocycles. The van der Waals surface area contributed by atoms with Crippen LogP contribution in [0.15, 0.2) is 0 Å². The van der Waals surface area contributed by atoms with Gasteiger partial charge in [-0.3, -0.25) is 0 Å². The fourth-order valence-electron chi connectivity index (χ4n) is 2.26. The first-order valence-corrected chi connectivity index (χ1v) is 9.96. The van der Waals surface area contributed by atoms with E-state index in [-0.39, 0.29) is 68.5 Å². The molecule has 0 heterocycles. The Morgan fingerprint density at radius 1 is 1.05 bits per heavy atom. The van der Waals surface area contributed by atoms with Gasteiger partial charge >= 0.3 is 51.4 Å². The van der Waals surface area contributed by atoms with Crippen molar-refractivity contribution < 1.29 is 77.5 Å². The summed E-state index contributed by atoms with van der Waals surface area (Å²) in [5.74, 6) is -0.350. The zero-order valence-corrected chi connectivity index (χ0v) is 16.8. The molecule has 1 aliphatic rings. The molecule has 0 atom stereocenters. The summed E-state index contributed by atoms with van der Waals surface area (Å²) in [6.45, 7) is 0.420. The Morgan fingerprint density at radius 2 is 1.60 bits per heavy atom. The maximum Gasteiger partial charge on any atom is 1.00 e. The Bertz CT molecular complexity index is 465. The van der Waals surface area contributed by atoms with Crippen LogP contribution in [0.5, 0.6) is 0 Å². The molecule has 0 radical (unpaired) electrons. The molecule has 0 bridgehead atoms. The van der Waals surface area contributed by atoms with E-state index in [0.29, 0.717) is 32.3 Å². The standard InChI is InChI=1S/C11H22O6S2.K/c1-18(12,13)11-6-4-10(5-7-11)17-8-2-3-9-19(14,15)16;/h10-11H,2-9H2,1H3,(H,14,15,16);/q;+1/p-1. The first-order valence-electron chi connectivity index (χ1n) is 6.42. The van der Waals surface area contributed by atoms with Crippen LogP contribution in [0.25, 0.3) is 0 Å². The van der Waals surface area contributed by atoms with E-state index >= 15 is 0 Å². The molecule has 0 spiro atoms. The molecule has 0 aliphatic heterocycles. The maximum absolute atomic E-state index is 11.4. The quantitative estimate of drug-likeness (QED) is 0.290. The molecule has 6 nitrogen and oxygen atoms in total. The van der Waals surface area contributed by atoms with Crippen molar-refractivity contribution >= 4 is 20.0 Å². The van der Waals surface area contributed by atoms with Crippen molar-refractivity contribution in [1.82, 2.24) is 0 Å². The molecule has 0 N–H and O–H groups in total. The number of sulfone groups is 1. The summed E-state index contributed by atoms with van der Waals surface area (Å²) < 4.78 is 59.4. The zero-order chi connectivity index (χ0) is 14.5. The summed E-state index contributed by atoms with van der Waals surface area (Å²) >= 11 is 0. The van der Waals surface area contributed by atoms with Gasteiger partial charge in [0.15, 0.2) is 0 Å². The molecule has 1 saturated carbocycles. The normalized spacial score (nSPS) is 24.1. The van der Waals surface area contributed by atoms with Crippen LogP contribution in [0.4, 0.5) is 0 Å². The SMILES string of the molecule is CS(=O)(=O)C1CCC(OCCCCS(=O)(=O)[O-])CC1.[K+]. The Kier molecular flexibility index (Phi) is 10.3. The van der Waals surface area contributed by atoms with Crippen LogP contribution >= 0.6 is 0 Å². The summed E-state index contributed by atoms with van der Waals surface area (Å²) in [5, 5.41) is -0.252. The Morgan fingerprint density at radius 3 is 2.05 bits per heavy atom. The van der Waals surface area contributed by atoms with Crippen LogP contribution in [-0.4, -0.2) is 51.4 Å². The summed E-state index contributed by atoms with van der Waals surface area (Å²) in [4.78, 5) is 0. The van der Waals surface area contributed by atoms with E-state index in [4.69, 9.17) is 4.74 Å². The molecular formula is C11H21KO6S2. The number of unbranched alkanes of at least 4 members (excludes halogenated alkanes) is 1. The second kappa shape index (κ2) is 9.56. The van der Waals surface area contributed by atoms with E-state index in [1.165, 1.54) is 6.26 Å². The predicted molar refractivity (Wildman–Crippen MR) is 70.6 cm³/mol.